The minimum absolute atomic E-state index is 0.00327. The average Bonchev–Trinajstić information content (AvgIpc) is 3.49. The van der Waals surface area contributed by atoms with Crippen molar-refractivity contribution in [2.75, 3.05) is 0 Å². The summed E-state index contributed by atoms with van der Waals surface area (Å²) in [7, 11) is 0. The zero-order chi connectivity index (χ0) is 25.8. The molecule has 0 radical (unpaired) electrons. The molecule has 0 unspecified atom stereocenters. The van der Waals surface area contributed by atoms with Gasteiger partial charge in [0.05, 0.1) is 0 Å². The fourth-order valence-corrected chi connectivity index (χ4v) is 6.36. The van der Waals surface area contributed by atoms with Gasteiger partial charge in [-0.15, -0.1) is 0 Å². The topological polar surface area (TPSA) is 57.4 Å². The molecule has 3 aromatic heterocycles. The van der Waals surface area contributed by atoms with Crippen LogP contribution >= 0.6 is 0 Å². The van der Waals surface area contributed by atoms with Crippen LogP contribution in [-0.2, 0) is 49.4 Å². The molecule has 0 amide bonds. The highest BCUT2D eigenvalue weighted by molar-refractivity contribution is 5.74. The highest BCUT2D eigenvalue weighted by Crippen LogP contribution is 2.35. The van der Waals surface area contributed by atoms with E-state index in [2.05, 4.69) is 89.6 Å². The van der Waals surface area contributed by atoms with E-state index < -0.39 is 0 Å². The van der Waals surface area contributed by atoms with Gasteiger partial charge in [-0.1, -0.05) is 55.4 Å². The predicted octanol–water partition coefficient (Wildman–Crippen LogP) is 7.61. The molecule has 5 rings (SSSR count). The Labute approximate surface area is 216 Å². The van der Waals surface area contributed by atoms with Crippen LogP contribution < -0.4 is 0 Å². The number of aryl methyl sites for hydroxylation is 4. The summed E-state index contributed by atoms with van der Waals surface area (Å²) in [6.45, 7) is 18.3. The van der Waals surface area contributed by atoms with E-state index in [9.17, 15) is 0 Å². The second kappa shape index (κ2) is 8.90. The van der Waals surface area contributed by atoms with E-state index in [1.807, 2.05) is 0 Å². The Morgan fingerprint density at radius 3 is 1.17 bits per heavy atom. The second-order valence-corrected chi connectivity index (χ2v) is 11.9. The van der Waals surface area contributed by atoms with Crippen LogP contribution in [0.25, 0.3) is 22.1 Å². The summed E-state index contributed by atoms with van der Waals surface area (Å²) in [4.78, 5) is 18.0. The summed E-state index contributed by atoms with van der Waals surface area (Å²) >= 11 is 0. The van der Waals surface area contributed by atoms with Gasteiger partial charge in [0.25, 0.3) is 0 Å². The van der Waals surface area contributed by atoms with E-state index in [0.29, 0.717) is 0 Å². The molecule has 36 heavy (non-hydrogen) atoms. The number of rotatable bonds is 4. The third-order valence-electron chi connectivity index (χ3n) is 8.33. The van der Waals surface area contributed by atoms with Crippen LogP contribution in [0, 0.1) is 0 Å². The first kappa shape index (κ1) is 24.8. The van der Waals surface area contributed by atoms with Gasteiger partial charge in [-0.2, -0.15) is 0 Å². The van der Waals surface area contributed by atoms with Gasteiger partial charge >= 0.3 is 0 Å². The number of nitrogens with one attached hydrogen (secondary N) is 2. The average molecular weight is 483 g/mol. The Morgan fingerprint density at radius 2 is 0.861 bits per heavy atom. The predicted molar refractivity (Wildman–Crippen MR) is 152 cm³/mol. The number of aromatic amines is 2. The Hall–Kier alpha value is -2.88. The van der Waals surface area contributed by atoms with Crippen molar-refractivity contribution in [3.05, 3.63) is 69.3 Å². The van der Waals surface area contributed by atoms with Crippen molar-refractivity contribution in [1.29, 1.82) is 0 Å². The molecular formula is C32H42N4. The fraction of sp³-hybridized carbons (Fsp3) is 0.500. The number of hydrogen-bond acceptors (Lipinski definition) is 2. The quantitative estimate of drug-likeness (QED) is 0.402. The van der Waals surface area contributed by atoms with E-state index in [0.717, 1.165) is 61.3 Å². The summed E-state index contributed by atoms with van der Waals surface area (Å²) in [5, 5.41) is 0. The van der Waals surface area contributed by atoms with Crippen molar-refractivity contribution >= 4 is 22.1 Å². The SMILES string of the molecule is CCc1c(CC)c2cc3nc(cc4[nH]c(cc5nc(cc1[nH]2)CC5(C)C)c(CC)c4CC)CC3(C)C. The largest absolute Gasteiger partial charge is 0.355 e. The Kier molecular flexibility index (Phi) is 6.13. The highest BCUT2D eigenvalue weighted by Gasteiger charge is 2.30. The number of aromatic nitrogens is 4. The van der Waals surface area contributed by atoms with Crippen LogP contribution in [0.3, 0.4) is 0 Å². The minimum Gasteiger partial charge on any atom is -0.355 e. The Morgan fingerprint density at radius 1 is 0.556 bits per heavy atom. The van der Waals surface area contributed by atoms with Gasteiger partial charge in [0.1, 0.15) is 0 Å². The van der Waals surface area contributed by atoms with Gasteiger partial charge in [0, 0.05) is 68.5 Å². The van der Waals surface area contributed by atoms with Gasteiger partial charge < -0.3 is 9.97 Å². The zero-order valence-electron chi connectivity index (χ0n) is 23.4. The molecule has 190 valence electrons. The molecule has 0 fully saturated rings. The lowest BCUT2D eigenvalue weighted by molar-refractivity contribution is 0.543. The van der Waals surface area contributed by atoms with E-state index >= 15 is 0 Å². The van der Waals surface area contributed by atoms with E-state index in [-0.39, 0.29) is 10.8 Å². The van der Waals surface area contributed by atoms with E-state index in [1.54, 1.807) is 0 Å². The molecule has 0 saturated heterocycles. The van der Waals surface area contributed by atoms with Crippen LogP contribution in [-0.4, -0.2) is 19.9 Å². The molecule has 0 aliphatic carbocycles. The van der Waals surface area contributed by atoms with Crippen LogP contribution in [0.2, 0.25) is 0 Å². The van der Waals surface area contributed by atoms with Gasteiger partial charge in [-0.05, 0) is 72.2 Å². The van der Waals surface area contributed by atoms with Gasteiger partial charge in [-0.3, -0.25) is 9.97 Å². The van der Waals surface area contributed by atoms with Crippen molar-refractivity contribution in [2.45, 2.75) is 105 Å². The zero-order valence-corrected chi connectivity index (χ0v) is 23.4. The maximum Gasteiger partial charge on any atom is 0.0487 e. The van der Waals surface area contributed by atoms with Gasteiger partial charge in [0.2, 0.25) is 0 Å². The van der Waals surface area contributed by atoms with E-state index in [4.69, 9.17) is 9.97 Å². The van der Waals surface area contributed by atoms with Crippen molar-refractivity contribution in [3.8, 4) is 0 Å². The van der Waals surface area contributed by atoms with Crippen molar-refractivity contribution in [2.24, 2.45) is 0 Å². The molecule has 0 spiro atoms. The number of fused-ring (bicyclic) bond motifs is 8. The molecule has 5 heterocycles. The third kappa shape index (κ3) is 4.09. The van der Waals surface area contributed by atoms with Crippen LogP contribution in [0.4, 0.5) is 0 Å². The molecule has 2 aliphatic heterocycles. The summed E-state index contributed by atoms with van der Waals surface area (Å²) in [6.07, 6.45) is 5.91. The van der Waals surface area contributed by atoms with Crippen LogP contribution in [0.1, 0.15) is 100 Å². The molecule has 0 atom stereocenters. The molecule has 0 saturated carbocycles. The van der Waals surface area contributed by atoms with Gasteiger partial charge in [-0.25, -0.2) is 0 Å². The second-order valence-electron chi connectivity index (χ2n) is 11.9. The van der Waals surface area contributed by atoms with Crippen LogP contribution in [0.5, 0.6) is 0 Å². The lowest BCUT2D eigenvalue weighted by Gasteiger charge is -2.15. The summed E-state index contributed by atoms with van der Waals surface area (Å²) in [5.41, 5.74) is 15.1. The standard InChI is InChI=1S/C32H42N4/c1-9-21-23(11-3)27-15-29-32(7,8)18-20(34-29)14-26-22(10-2)24(12-4)28(36-26)16-30-31(5,6)17-19(33-30)13-25(21)35-27/h13-16,35-36H,9-12,17-18H2,1-8H3. The first-order chi connectivity index (χ1) is 17.1. The Bertz CT molecular complexity index is 1370. The highest BCUT2D eigenvalue weighted by atomic mass is 14.8. The summed E-state index contributed by atoms with van der Waals surface area (Å²) in [6, 6.07) is 9.22. The smallest absolute Gasteiger partial charge is 0.0487 e. The molecule has 2 N–H and O–H groups in total. The third-order valence-corrected chi connectivity index (χ3v) is 8.33. The first-order valence-electron chi connectivity index (χ1n) is 13.9. The van der Waals surface area contributed by atoms with Crippen LogP contribution in [0.15, 0.2) is 24.3 Å². The molecule has 4 nitrogen and oxygen atoms in total. The molecular weight excluding hydrogens is 440 g/mol. The Balaban J connectivity index is 1.96. The maximum atomic E-state index is 5.20. The molecule has 3 aromatic rings. The number of hydrogen-bond donors (Lipinski definition) is 2. The minimum atomic E-state index is -0.00327. The summed E-state index contributed by atoms with van der Waals surface area (Å²) in [5.74, 6) is 0. The lowest BCUT2D eigenvalue weighted by atomic mass is 9.86. The maximum absolute atomic E-state index is 5.20. The van der Waals surface area contributed by atoms with Crippen molar-refractivity contribution in [3.63, 3.8) is 0 Å². The lowest BCUT2D eigenvalue weighted by Crippen LogP contribution is -2.15. The number of H-pyrrole nitrogens is 2. The summed E-state index contributed by atoms with van der Waals surface area (Å²) < 4.78 is 0. The van der Waals surface area contributed by atoms with E-state index in [1.165, 1.54) is 44.3 Å². The first-order valence-corrected chi connectivity index (χ1v) is 13.9. The molecule has 2 aliphatic rings. The fourth-order valence-electron chi connectivity index (χ4n) is 6.36. The monoisotopic (exact) mass is 482 g/mol. The normalized spacial score (nSPS) is 16.4. The molecule has 8 bridgehead atoms. The molecule has 4 heteroatoms. The molecule has 0 aromatic carbocycles. The van der Waals surface area contributed by atoms with Crippen molar-refractivity contribution < 1.29 is 0 Å². The van der Waals surface area contributed by atoms with Gasteiger partial charge in [0.15, 0.2) is 0 Å². The van der Waals surface area contributed by atoms with Crippen molar-refractivity contribution in [1.82, 2.24) is 19.9 Å². The number of nitrogens with zero attached hydrogens (tertiary/aromatic N) is 2.